The Hall–Kier alpha value is -3.16. The number of hydrogen-bond donors (Lipinski definition) is 0. The number of hydrogen-bond acceptors (Lipinski definition) is 6. The van der Waals surface area contributed by atoms with Crippen molar-refractivity contribution in [1.82, 2.24) is 0 Å². The number of esters is 1. The molecule has 120 valence electrons. The van der Waals surface area contributed by atoms with E-state index in [2.05, 4.69) is 0 Å². The lowest BCUT2D eigenvalue weighted by Crippen LogP contribution is -2.10. The van der Waals surface area contributed by atoms with Gasteiger partial charge in [0.25, 0.3) is 0 Å². The van der Waals surface area contributed by atoms with Gasteiger partial charge in [-0.05, 0) is 18.2 Å². The Morgan fingerprint density at radius 1 is 1.09 bits per heavy atom. The van der Waals surface area contributed by atoms with Gasteiger partial charge in [-0.1, -0.05) is 0 Å². The van der Waals surface area contributed by atoms with Gasteiger partial charge in [0.2, 0.25) is 5.75 Å². The van der Waals surface area contributed by atoms with Crippen LogP contribution in [0.2, 0.25) is 0 Å². The lowest BCUT2D eigenvalue weighted by atomic mass is 10.2. The smallest absolute Gasteiger partial charge is 0.344 e. The zero-order valence-corrected chi connectivity index (χ0v) is 12.2. The molecule has 0 aliphatic rings. The molecule has 2 rings (SSSR count). The Balaban J connectivity index is 2.36. The molecule has 7 nitrogen and oxygen atoms in total. The molecule has 0 saturated heterocycles. The van der Waals surface area contributed by atoms with Gasteiger partial charge in [0.15, 0.2) is 0 Å². The van der Waals surface area contributed by atoms with E-state index < -0.39 is 28.1 Å². The molecule has 0 aromatic heterocycles. The summed E-state index contributed by atoms with van der Waals surface area (Å²) in [7, 11) is 2.81. The van der Waals surface area contributed by atoms with Crippen molar-refractivity contribution in [3.63, 3.8) is 0 Å². The molecular formula is C15H12FNO6. The zero-order chi connectivity index (χ0) is 17.0. The molecule has 0 spiro atoms. The number of carbonyl (C=O) groups is 1. The van der Waals surface area contributed by atoms with Crippen molar-refractivity contribution >= 4 is 11.7 Å². The van der Waals surface area contributed by atoms with Crippen LogP contribution in [-0.2, 0) is 0 Å². The third kappa shape index (κ3) is 3.73. The molecule has 23 heavy (non-hydrogen) atoms. The zero-order valence-electron chi connectivity index (χ0n) is 12.2. The van der Waals surface area contributed by atoms with Crippen LogP contribution in [0.3, 0.4) is 0 Å². The van der Waals surface area contributed by atoms with E-state index in [1.165, 1.54) is 26.4 Å². The Morgan fingerprint density at radius 2 is 1.70 bits per heavy atom. The van der Waals surface area contributed by atoms with Crippen molar-refractivity contribution in [2.75, 3.05) is 14.2 Å². The van der Waals surface area contributed by atoms with Crippen molar-refractivity contribution in [2.45, 2.75) is 0 Å². The molecule has 2 aromatic carbocycles. The molecule has 8 heteroatoms. The second-order valence-corrected chi connectivity index (χ2v) is 4.36. The highest BCUT2D eigenvalue weighted by molar-refractivity contribution is 5.92. The van der Waals surface area contributed by atoms with E-state index in [0.717, 1.165) is 18.2 Å². The fourth-order valence-corrected chi connectivity index (χ4v) is 1.80. The van der Waals surface area contributed by atoms with E-state index in [-0.39, 0.29) is 5.56 Å². The molecule has 0 bridgehead atoms. The average molecular weight is 321 g/mol. The van der Waals surface area contributed by atoms with E-state index in [1.807, 2.05) is 0 Å². The maximum atomic E-state index is 13.2. The molecule has 0 unspecified atom stereocenters. The van der Waals surface area contributed by atoms with Crippen LogP contribution in [-0.4, -0.2) is 25.1 Å². The van der Waals surface area contributed by atoms with E-state index in [0.29, 0.717) is 11.5 Å². The monoisotopic (exact) mass is 321 g/mol. The first kappa shape index (κ1) is 16.2. The van der Waals surface area contributed by atoms with Crippen LogP contribution in [0.25, 0.3) is 0 Å². The van der Waals surface area contributed by atoms with Gasteiger partial charge in [0.05, 0.1) is 24.7 Å². The Morgan fingerprint density at radius 3 is 2.22 bits per heavy atom. The number of rotatable bonds is 5. The van der Waals surface area contributed by atoms with Crippen LogP contribution in [0.5, 0.6) is 17.2 Å². The summed E-state index contributed by atoms with van der Waals surface area (Å²) in [5, 5.41) is 10.9. The highest BCUT2D eigenvalue weighted by atomic mass is 19.1. The Labute approximate surface area is 130 Å². The van der Waals surface area contributed by atoms with Crippen LogP contribution < -0.4 is 14.2 Å². The summed E-state index contributed by atoms with van der Waals surface area (Å²) in [6, 6.07) is 6.88. The lowest BCUT2D eigenvalue weighted by molar-refractivity contribution is -0.385. The van der Waals surface area contributed by atoms with Crippen LogP contribution >= 0.6 is 0 Å². The molecule has 0 aliphatic carbocycles. The highest BCUT2D eigenvalue weighted by Gasteiger charge is 2.20. The van der Waals surface area contributed by atoms with Crippen LogP contribution in [0.4, 0.5) is 10.1 Å². The molecule has 0 radical (unpaired) electrons. The molecule has 0 fully saturated rings. The van der Waals surface area contributed by atoms with E-state index in [4.69, 9.17) is 14.2 Å². The number of benzene rings is 2. The predicted octanol–water partition coefficient (Wildman–Crippen LogP) is 2.97. The topological polar surface area (TPSA) is 87.9 Å². The van der Waals surface area contributed by atoms with Gasteiger partial charge in [-0.2, -0.15) is 0 Å². The number of carbonyl (C=O) groups excluding carboxylic acids is 1. The van der Waals surface area contributed by atoms with Crippen LogP contribution in [0.15, 0.2) is 36.4 Å². The number of ether oxygens (including phenoxy) is 3. The first-order chi connectivity index (χ1) is 10.9. The molecule has 0 saturated carbocycles. The van der Waals surface area contributed by atoms with Gasteiger partial charge >= 0.3 is 11.7 Å². The first-order valence-electron chi connectivity index (χ1n) is 6.33. The molecule has 0 atom stereocenters. The minimum absolute atomic E-state index is 0.0414. The largest absolute Gasteiger partial charge is 0.497 e. The molecule has 2 aromatic rings. The average Bonchev–Trinajstić information content (AvgIpc) is 2.53. The van der Waals surface area contributed by atoms with Crippen molar-refractivity contribution in [3.8, 4) is 17.2 Å². The Kier molecular flexibility index (Phi) is 4.75. The van der Waals surface area contributed by atoms with Gasteiger partial charge in [-0.25, -0.2) is 9.18 Å². The van der Waals surface area contributed by atoms with Crippen LogP contribution in [0, 0.1) is 15.9 Å². The van der Waals surface area contributed by atoms with Gasteiger partial charge in [0.1, 0.15) is 17.3 Å². The second kappa shape index (κ2) is 6.73. The molecular weight excluding hydrogens is 309 g/mol. The first-order valence-corrected chi connectivity index (χ1v) is 6.33. The summed E-state index contributed by atoms with van der Waals surface area (Å²) in [4.78, 5) is 22.3. The highest BCUT2D eigenvalue weighted by Crippen LogP contribution is 2.29. The van der Waals surface area contributed by atoms with Crippen molar-refractivity contribution in [1.29, 1.82) is 0 Å². The van der Waals surface area contributed by atoms with Crippen molar-refractivity contribution in [3.05, 3.63) is 57.9 Å². The third-order valence-corrected chi connectivity index (χ3v) is 2.91. The van der Waals surface area contributed by atoms with E-state index in [1.54, 1.807) is 6.07 Å². The van der Waals surface area contributed by atoms with Crippen molar-refractivity contribution < 1.29 is 28.3 Å². The quantitative estimate of drug-likeness (QED) is 0.364. The standard InChI is InChI=1S/C15H12FNO6/c1-21-11-5-9(6-12(8-11)22-2)15(18)23-14-7-10(16)3-4-13(14)17(19)20/h3-8H,1-2H3. The SMILES string of the molecule is COc1cc(OC)cc(C(=O)Oc2cc(F)ccc2[N+](=O)[O-])c1. The van der Waals surface area contributed by atoms with Crippen LogP contribution in [0.1, 0.15) is 10.4 Å². The molecule has 0 N–H and O–H groups in total. The molecule has 0 amide bonds. The minimum atomic E-state index is -0.907. The van der Waals surface area contributed by atoms with Gasteiger partial charge < -0.3 is 14.2 Å². The summed E-state index contributed by atoms with van der Waals surface area (Å²) < 4.78 is 28.2. The Bertz CT molecular complexity index is 739. The maximum Gasteiger partial charge on any atom is 0.344 e. The summed E-state index contributed by atoms with van der Waals surface area (Å²) in [6.07, 6.45) is 0. The normalized spacial score (nSPS) is 10.0. The summed E-state index contributed by atoms with van der Waals surface area (Å²) in [6.45, 7) is 0. The van der Waals surface area contributed by atoms with Gasteiger partial charge in [-0.3, -0.25) is 10.1 Å². The number of methoxy groups -OCH3 is 2. The fraction of sp³-hybridized carbons (Fsp3) is 0.133. The van der Waals surface area contributed by atoms with Crippen molar-refractivity contribution in [2.24, 2.45) is 0 Å². The summed E-state index contributed by atoms with van der Waals surface area (Å²) in [5.74, 6) is -1.48. The molecule has 0 heterocycles. The van der Waals surface area contributed by atoms with Gasteiger partial charge in [-0.15, -0.1) is 0 Å². The summed E-state index contributed by atoms with van der Waals surface area (Å²) >= 11 is 0. The minimum Gasteiger partial charge on any atom is -0.497 e. The van der Waals surface area contributed by atoms with Gasteiger partial charge in [0, 0.05) is 18.2 Å². The number of nitro benzene ring substituents is 1. The molecule has 0 aliphatic heterocycles. The number of nitro groups is 1. The fourth-order valence-electron chi connectivity index (χ4n) is 1.80. The predicted molar refractivity (Wildman–Crippen MR) is 77.6 cm³/mol. The number of halogens is 1. The lowest BCUT2D eigenvalue weighted by Gasteiger charge is -2.09. The summed E-state index contributed by atoms with van der Waals surface area (Å²) in [5.41, 5.74) is -0.477. The van der Waals surface area contributed by atoms with E-state index >= 15 is 0 Å². The second-order valence-electron chi connectivity index (χ2n) is 4.36. The maximum absolute atomic E-state index is 13.2. The third-order valence-electron chi connectivity index (χ3n) is 2.91. The van der Waals surface area contributed by atoms with E-state index in [9.17, 15) is 19.3 Å². The number of nitrogens with zero attached hydrogens (tertiary/aromatic N) is 1.